The lowest BCUT2D eigenvalue weighted by Crippen LogP contribution is -1.95. The monoisotopic (exact) mass is 285 g/mol. The molecule has 0 saturated heterocycles. The average Bonchev–Trinajstić information content (AvgIpc) is 2.46. The van der Waals surface area contributed by atoms with Crippen LogP contribution in [0.1, 0.15) is 5.56 Å². The van der Waals surface area contributed by atoms with Crippen molar-refractivity contribution in [2.24, 2.45) is 0 Å². The SMILES string of the molecule is Cc1cc(Oc2ccc(Cl)c3cccnc23)ncc1N. The summed E-state index contributed by atoms with van der Waals surface area (Å²) in [5, 5.41) is 1.49. The minimum absolute atomic E-state index is 0.478. The zero-order chi connectivity index (χ0) is 14.1. The van der Waals surface area contributed by atoms with E-state index in [9.17, 15) is 0 Å². The molecular formula is C15H12ClN3O. The molecule has 3 aromatic rings. The number of nitrogens with two attached hydrogens (primary N) is 1. The molecule has 0 atom stereocenters. The van der Waals surface area contributed by atoms with Crippen LogP contribution < -0.4 is 10.5 Å². The van der Waals surface area contributed by atoms with Crippen molar-refractivity contribution < 1.29 is 4.74 Å². The van der Waals surface area contributed by atoms with Crippen LogP contribution in [0.4, 0.5) is 5.69 Å². The van der Waals surface area contributed by atoms with Gasteiger partial charge in [-0.15, -0.1) is 0 Å². The van der Waals surface area contributed by atoms with E-state index in [1.807, 2.05) is 19.1 Å². The standard InChI is InChI=1S/C15H12ClN3O/c1-9-7-14(19-8-12(9)17)20-13-5-4-11(16)10-3-2-6-18-15(10)13/h2-8H,17H2,1H3. The van der Waals surface area contributed by atoms with Crippen molar-refractivity contribution in [1.82, 2.24) is 9.97 Å². The van der Waals surface area contributed by atoms with Gasteiger partial charge in [-0.25, -0.2) is 4.98 Å². The van der Waals surface area contributed by atoms with Crippen LogP contribution in [-0.4, -0.2) is 9.97 Å². The van der Waals surface area contributed by atoms with Crippen LogP contribution in [0.5, 0.6) is 11.6 Å². The van der Waals surface area contributed by atoms with E-state index in [1.165, 1.54) is 0 Å². The number of aryl methyl sites for hydroxylation is 1. The number of nitrogens with zero attached hydrogens (tertiary/aromatic N) is 2. The Morgan fingerprint density at radius 3 is 2.85 bits per heavy atom. The van der Waals surface area contributed by atoms with Crippen LogP contribution in [0, 0.1) is 6.92 Å². The highest BCUT2D eigenvalue weighted by atomic mass is 35.5. The number of pyridine rings is 2. The molecule has 0 fully saturated rings. The van der Waals surface area contributed by atoms with Gasteiger partial charge in [0.1, 0.15) is 5.52 Å². The van der Waals surface area contributed by atoms with Crippen molar-refractivity contribution in [3.05, 3.63) is 53.3 Å². The van der Waals surface area contributed by atoms with Crippen LogP contribution >= 0.6 is 11.6 Å². The molecule has 2 heterocycles. The van der Waals surface area contributed by atoms with Crippen molar-refractivity contribution >= 4 is 28.2 Å². The minimum atomic E-state index is 0.478. The van der Waals surface area contributed by atoms with E-state index in [0.717, 1.165) is 10.9 Å². The van der Waals surface area contributed by atoms with Crippen LogP contribution in [0.3, 0.4) is 0 Å². The minimum Gasteiger partial charge on any atom is -0.437 e. The summed E-state index contributed by atoms with van der Waals surface area (Å²) in [4.78, 5) is 8.47. The summed E-state index contributed by atoms with van der Waals surface area (Å²) in [5.41, 5.74) is 8.00. The van der Waals surface area contributed by atoms with Crippen LogP contribution in [-0.2, 0) is 0 Å². The molecule has 0 saturated carbocycles. The van der Waals surface area contributed by atoms with Crippen molar-refractivity contribution in [2.45, 2.75) is 6.92 Å². The van der Waals surface area contributed by atoms with Crippen LogP contribution in [0.2, 0.25) is 5.02 Å². The Bertz CT molecular complexity index is 789. The molecule has 4 nitrogen and oxygen atoms in total. The lowest BCUT2D eigenvalue weighted by atomic mass is 10.2. The Kier molecular flexibility index (Phi) is 3.16. The second-order valence-electron chi connectivity index (χ2n) is 4.43. The molecule has 0 amide bonds. The average molecular weight is 286 g/mol. The Labute approximate surface area is 121 Å². The number of anilines is 1. The Morgan fingerprint density at radius 2 is 2.05 bits per heavy atom. The van der Waals surface area contributed by atoms with Gasteiger partial charge in [-0.05, 0) is 36.8 Å². The zero-order valence-electron chi connectivity index (χ0n) is 10.8. The Balaban J connectivity index is 2.06. The topological polar surface area (TPSA) is 61.0 Å². The number of nitrogen functional groups attached to an aromatic ring is 1. The van der Waals surface area contributed by atoms with Crippen LogP contribution in [0.25, 0.3) is 10.9 Å². The number of hydrogen-bond donors (Lipinski definition) is 1. The normalized spacial score (nSPS) is 10.7. The highest BCUT2D eigenvalue weighted by Gasteiger charge is 2.09. The van der Waals surface area contributed by atoms with E-state index in [-0.39, 0.29) is 0 Å². The maximum atomic E-state index is 6.15. The van der Waals surface area contributed by atoms with Crippen molar-refractivity contribution in [3.8, 4) is 11.6 Å². The van der Waals surface area contributed by atoms with Gasteiger partial charge in [0.05, 0.1) is 16.9 Å². The molecule has 2 aromatic heterocycles. The summed E-state index contributed by atoms with van der Waals surface area (Å²) in [5.74, 6) is 1.09. The molecule has 0 unspecified atom stereocenters. The lowest BCUT2D eigenvalue weighted by Gasteiger charge is -2.09. The fraction of sp³-hybridized carbons (Fsp3) is 0.0667. The molecule has 20 heavy (non-hydrogen) atoms. The van der Waals surface area contributed by atoms with Gasteiger partial charge in [0.15, 0.2) is 5.75 Å². The molecule has 0 aliphatic carbocycles. The molecule has 1 aromatic carbocycles. The Morgan fingerprint density at radius 1 is 1.20 bits per heavy atom. The molecule has 100 valence electrons. The third-order valence-electron chi connectivity index (χ3n) is 3.02. The van der Waals surface area contributed by atoms with Gasteiger partial charge < -0.3 is 10.5 Å². The van der Waals surface area contributed by atoms with Crippen molar-refractivity contribution in [3.63, 3.8) is 0 Å². The van der Waals surface area contributed by atoms with E-state index in [4.69, 9.17) is 22.1 Å². The maximum Gasteiger partial charge on any atom is 0.219 e. The summed E-state index contributed by atoms with van der Waals surface area (Å²) in [6, 6.07) is 9.09. The number of hydrogen-bond acceptors (Lipinski definition) is 4. The van der Waals surface area contributed by atoms with Gasteiger partial charge >= 0.3 is 0 Å². The fourth-order valence-electron chi connectivity index (χ4n) is 1.90. The number of aromatic nitrogens is 2. The third-order valence-corrected chi connectivity index (χ3v) is 3.35. The number of rotatable bonds is 2. The fourth-order valence-corrected chi connectivity index (χ4v) is 2.12. The van der Waals surface area contributed by atoms with E-state index in [2.05, 4.69) is 9.97 Å². The number of fused-ring (bicyclic) bond motifs is 1. The molecule has 0 radical (unpaired) electrons. The maximum absolute atomic E-state index is 6.15. The predicted molar refractivity (Wildman–Crippen MR) is 80.2 cm³/mol. The first-order valence-electron chi connectivity index (χ1n) is 6.08. The second kappa shape index (κ2) is 4.98. The first kappa shape index (κ1) is 12.7. The smallest absolute Gasteiger partial charge is 0.219 e. The summed E-state index contributed by atoms with van der Waals surface area (Å²) >= 11 is 6.15. The van der Waals surface area contributed by atoms with Gasteiger partial charge in [-0.1, -0.05) is 11.6 Å². The van der Waals surface area contributed by atoms with Crippen molar-refractivity contribution in [2.75, 3.05) is 5.73 Å². The molecule has 0 aliphatic heterocycles. The first-order valence-corrected chi connectivity index (χ1v) is 6.46. The first-order chi connectivity index (χ1) is 9.65. The van der Waals surface area contributed by atoms with E-state index >= 15 is 0 Å². The summed E-state index contributed by atoms with van der Waals surface area (Å²) < 4.78 is 5.79. The molecule has 0 spiro atoms. The zero-order valence-corrected chi connectivity index (χ0v) is 11.6. The van der Waals surface area contributed by atoms with E-state index < -0.39 is 0 Å². The van der Waals surface area contributed by atoms with E-state index in [0.29, 0.717) is 27.9 Å². The van der Waals surface area contributed by atoms with Crippen LogP contribution in [0.15, 0.2) is 42.7 Å². The van der Waals surface area contributed by atoms with Gasteiger partial charge in [0.25, 0.3) is 0 Å². The van der Waals surface area contributed by atoms with Gasteiger partial charge in [0, 0.05) is 17.6 Å². The largest absolute Gasteiger partial charge is 0.437 e. The molecule has 3 rings (SSSR count). The van der Waals surface area contributed by atoms with E-state index in [1.54, 1.807) is 30.6 Å². The predicted octanol–water partition coefficient (Wildman–Crippen LogP) is 3.97. The lowest BCUT2D eigenvalue weighted by molar-refractivity contribution is 0.467. The molecule has 0 bridgehead atoms. The Hall–Kier alpha value is -2.33. The molecular weight excluding hydrogens is 274 g/mol. The number of halogens is 1. The third kappa shape index (κ3) is 2.26. The van der Waals surface area contributed by atoms with Gasteiger partial charge in [-0.3, -0.25) is 4.98 Å². The van der Waals surface area contributed by atoms with Gasteiger partial charge in [0.2, 0.25) is 5.88 Å². The quantitative estimate of drug-likeness (QED) is 0.774. The van der Waals surface area contributed by atoms with Gasteiger partial charge in [-0.2, -0.15) is 0 Å². The summed E-state index contributed by atoms with van der Waals surface area (Å²) in [6.45, 7) is 1.90. The molecule has 0 aliphatic rings. The summed E-state index contributed by atoms with van der Waals surface area (Å²) in [7, 11) is 0. The summed E-state index contributed by atoms with van der Waals surface area (Å²) in [6.07, 6.45) is 3.28. The molecule has 2 N–H and O–H groups in total. The number of benzene rings is 1. The number of ether oxygens (including phenoxy) is 1. The molecule has 5 heteroatoms. The van der Waals surface area contributed by atoms with Crippen molar-refractivity contribution in [1.29, 1.82) is 0 Å². The highest BCUT2D eigenvalue weighted by molar-refractivity contribution is 6.35. The second-order valence-corrected chi connectivity index (χ2v) is 4.83. The highest BCUT2D eigenvalue weighted by Crippen LogP contribution is 2.32.